The molecule has 2 aliphatic rings. The number of nitrogens with zero attached hydrogens (tertiary/aromatic N) is 2. The molecule has 1 fully saturated rings. The van der Waals surface area contributed by atoms with Gasteiger partial charge < -0.3 is 0 Å². The van der Waals surface area contributed by atoms with Gasteiger partial charge in [0.05, 0.1) is 11.8 Å². The summed E-state index contributed by atoms with van der Waals surface area (Å²) in [6.07, 6.45) is 1.25. The van der Waals surface area contributed by atoms with Crippen LogP contribution < -0.4 is 0 Å². The van der Waals surface area contributed by atoms with E-state index in [2.05, 4.69) is 5.10 Å². The molecule has 1 heterocycles. The van der Waals surface area contributed by atoms with Crippen molar-refractivity contribution in [3.8, 4) is 0 Å². The average molecular weight is 82.1 g/mol. The molecule has 0 N–H and O–H groups in total. The lowest BCUT2D eigenvalue weighted by Crippen LogP contribution is -2.23. The van der Waals surface area contributed by atoms with Gasteiger partial charge in [-0.15, -0.1) is 0 Å². The van der Waals surface area contributed by atoms with Crippen molar-refractivity contribution in [3.05, 3.63) is 0 Å². The van der Waals surface area contributed by atoms with Gasteiger partial charge in [-0.1, -0.05) is 0 Å². The Kier molecular flexibility index (Phi) is 0.214. The molecule has 1 unspecified atom stereocenters. The van der Waals surface area contributed by atoms with Crippen LogP contribution in [0.15, 0.2) is 5.10 Å². The van der Waals surface area contributed by atoms with Gasteiger partial charge in [-0.2, -0.15) is 5.10 Å². The van der Waals surface area contributed by atoms with Crippen molar-refractivity contribution in [1.82, 2.24) is 5.01 Å². The Balaban J connectivity index is 2.35. The summed E-state index contributed by atoms with van der Waals surface area (Å²) >= 11 is 0. The van der Waals surface area contributed by atoms with E-state index in [1.165, 1.54) is 12.1 Å². The van der Waals surface area contributed by atoms with Gasteiger partial charge >= 0.3 is 0 Å². The highest BCUT2D eigenvalue weighted by Crippen LogP contribution is 2.31. The molecule has 6 heavy (non-hydrogen) atoms. The van der Waals surface area contributed by atoms with Crippen molar-refractivity contribution < 1.29 is 0 Å². The summed E-state index contributed by atoms with van der Waals surface area (Å²) in [5.41, 5.74) is 1.40. The van der Waals surface area contributed by atoms with E-state index >= 15 is 0 Å². The van der Waals surface area contributed by atoms with Crippen LogP contribution in [0.1, 0.15) is 6.42 Å². The summed E-state index contributed by atoms with van der Waals surface area (Å²) < 4.78 is 0. The standard InChI is InChI=1S/C4H6N2/c1-6-4-2-3(4)5-6/h4H,2H2,1H3. The second-order valence-electron chi connectivity index (χ2n) is 1.88. The van der Waals surface area contributed by atoms with Crippen LogP contribution in [0, 0.1) is 0 Å². The van der Waals surface area contributed by atoms with E-state index in [1.54, 1.807) is 0 Å². The zero-order valence-electron chi connectivity index (χ0n) is 3.68. The fourth-order valence-corrected chi connectivity index (χ4v) is 0.811. The highest BCUT2D eigenvalue weighted by atomic mass is 15.5. The van der Waals surface area contributed by atoms with Crippen LogP contribution >= 0.6 is 0 Å². The van der Waals surface area contributed by atoms with Crippen LogP contribution in [0.25, 0.3) is 0 Å². The summed E-state index contributed by atoms with van der Waals surface area (Å²) in [6, 6.07) is 0.782. The van der Waals surface area contributed by atoms with E-state index in [-0.39, 0.29) is 0 Å². The molecule has 0 saturated heterocycles. The molecule has 1 aliphatic heterocycles. The molecule has 0 amide bonds. The molecule has 0 spiro atoms. The van der Waals surface area contributed by atoms with Crippen LogP contribution in [0.3, 0.4) is 0 Å². The van der Waals surface area contributed by atoms with Gasteiger partial charge in [0, 0.05) is 13.5 Å². The first-order chi connectivity index (χ1) is 2.88. The molecule has 0 aromatic heterocycles. The topological polar surface area (TPSA) is 15.6 Å². The van der Waals surface area contributed by atoms with Gasteiger partial charge in [0.25, 0.3) is 0 Å². The van der Waals surface area contributed by atoms with E-state index in [9.17, 15) is 0 Å². The highest BCUT2D eigenvalue weighted by Gasteiger charge is 2.43. The van der Waals surface area contributed by atoms with Crippen molar-refractivity contribution in [2.24, 2.45) is 5.10 Å². The third kappa shape index (κ3) is 0.117. The molecule has 1 aliphatic carbocycles. The molecule has 2 nitrogen and oxygen atoms in total. The molecule has 0 aromatic rings. The van der Waals surface area contributed by atoms with Crippen LogP contribution in [0.4, 0.5) is 0 Å². The second-order valence-corrected chi connectivity index (χ2v) is 1.88. The summed E-state index contributed by atoms with van der Waals surface area (Å²) in [5.74, 6) is 0. The van der Waals surface area contributed by atoms with E-state index in [1.807, 2.05) is 12.1 Å². The Morgan fingerprint density at radius 1 is 2.00 bits per heavy atom. The Labute approximate surface area is 36.4 Å². The normalized spacial score (nSPS) is 37.2. The van der Waals surface area contributed by atoms with E-state index in [4.69, 9.17) is 0 Å². The molecule has 2 heteroatoms. The molecule has 0 bridgehead atoms. The van der Waals surface area contributed by atoms with Crippen molar-refractivity contribution in [2.75, 3.05) is 7.05 Å². The minimum atomic E-state index is 0.782. The molecular weight excluding hydrogens is 76.1 g/mol. The third-order valence-electron chi connectivity index (χ3n) is 1.36. The fraction of sp³-hybridized carbons (Fsp3) is 0.750. The number of fused-ring (bicyclic) bond motifs is 1. The smallest absolute Gasteiger partial charge is 0.0920 e. The number of hydrazone groups is 1. The van der Waals surface area contributed by atoms with Gasteiger partial charge in [-0.05, 0) is 0 Å². The fourth-order valence-electron chi connectivity index (χ4n) is 0.811. The Bertz CT molecular complexity index is 117. The lowest BCUT2D eigenvalue weighted by atomic mass is 10.6. The second kappa shape index (κ2) is 0.491. The molecule has 0 radical (unpaired) electrons. The van der Waals surface area contributed by atoms with E-state index < -0.39 is 0 Å². The van der Waals surface area contributed by atoms with Crippen LogP contribution in [-0.4, -0.2) is 23.8 Å². The van der Waals surface area contributed by atoms with Gasteiger partial charge in [0.1, 0.15) is 0 Å². The number of hydrogen-bond acceptors (Lipinski definition) is 2. The van der Waals surface area contributed by atoms with Crippen molar-refractivity contribution >= 4 is 5.71 Å². The minimum absolute atomic E-state index is 0.782. The Morgan fingerprint density at radius 2 is 2.83 bits per heavy atom. The van der Waals surface area contributed by atoms with Crippen LogP contribution in [0.5, 0.6) is 0 Å². The lowest BCUT2D eigenvalue weighted by molar-refractivity contribution is 0.334. The SMILES string of the molecule is CN1N=C2CC21. The van der Waals surface area contributed by atoms with Crippen molar-refractivity contribution in [2.45, 2.75) is 12.5 Å². The Hall–Kier alpha value is -0.530. The summed E-state index contributed by atoms with van der Waals surface area (Å²) in [7, 11) is 2.02. The zero-order valence-corrected chi connectivity index (χ0v) is 3.68. The first-order valence-electron chi connectivity index (χ1n) is 2.18. The van der Waals surface area contributed by atoms with Crippen LogP contribution in [-0.2, 0) is 0 Å². The summed E-state index contributed by atoms with van der Waals surface area (Å²) in [4.78, 5) is 0. The maximum Gasteiger partial charge on any atom is 0.0920 e. The number of hydrogen-bond donors (Lipinski definition) is 0. The van der Waals surface area contributed by atoms with Crippen molar-refractivity contribution in [1.29, 1.82) is 0 Å². The Morgan fingerprint density at radius 3 is 2.83 bits per heavy atom. The van der Waals surface area contributed by atoms with Gasteiger partial charge in [0.2, 0.25) is 0 Å². The average Bonchev–Trinajstić information content (AvgIpc) is 2.12. The molecule has 2 rings (SSSR count). The predicted octanol–water partition coefficient (Wildman–Crippen LogP) is 0.0601. The monoisotopic (exact) mass is 82.1 g/mol. The molecular formula is C4H6N2. The zero-order chi connectivity index (χ0) is 4.15. The van der Waals surface area contributed by atoms with E-state index in [0.717, 1.165) is 6.04 Å². The van der Waals surface area contributed by atoms with Gasteiger partial charge in [-0.3, -0.25) is 5.01 Å². The number of rotatable bonds is 0. The first kappa shape index (κ1) is 2.61. The van der Waals surface area contributed by atoms with Crippen LogP contribution in [0.2, 0.25) is 0 Å². The summed E-state index contributed by atoms with van der Waals surface area (Å²) in [5, 5.41) is 6.06. The summed E-state index contributed by atoms with van der Waals surface area (Å²) in [6.45, 7) is 0. The maximum atomic E-state index is 4.05. The van der Waals surface area contributed by atoms with Gasteiger partial charge in [-0.25, -0.2) is 0 Å². The lowest BCUT2D eigenvalue weighted by Gasteiger charge is -2.15. The highest BCUT2D eigenvalue weighted by molar-refractivity contribution is 6.07. The van der Waals surface area contributed by atoms with Crippen molar-refractivity contribution in [3.63, 3.8) is 0 Å². The molecule has 1 saturated carbocycles. The largest absolute Gasteiger partial charge is 0.291 e. The predicted molar refractivity (Wildman–Crippen MR) is 23.6 cm³/mol. The van der Waals surface area contributed by atoms with E-state index in [0.29, 0.717) is 0 Å². The first-order valence-corrected chi connectivity index (χ1v) is 2.18. The molecule has 0 aromatic carbocycles. The molecule has 1 atom stereocenters. The quantitative estimate of drug-likeness (QED) is 0.403. The van der Waals surface area contributed by atoms with Gasteiger partial charge in [0.15, 0.2) is 0 Å². The maximum absolute atomic E-state index is 4.05. The minimum Gasteiger partial charge on any atom is -0.291 e. The molecule has 32 valence electrons. The third-order valence-corrected chi connectivity index (χ3v) is 1.36.